The molecule has 14 heavy (non-hydrogen) atoms. The van der Waals surface area contributed by atoms with E-state index in [1.165, 1.54) is 12.1 Å². The Labute approximate surface area is 80.0 Å². The van der Waals surface area contributed by atoms with Crippen molar-refractivity contribution in [2.75, 3.05) is 0 Å². The molecule has 0 fully saturated rings. The molecule has 1 aliphatic carbocycles. The van der Waals surface area contributed by atoms with Crippen molar-refractivity contribution in [3.05, 3.63) is 47.5 Å². The predicted octanol–water partition coefficient (Wildman–Crippen LogP) is 1.19. The molecule has 2 rings (SSSR count). The lowest BCUT2D eigenvalue weighted by Gasteiger charge is -2.13. The summed E-state index contributed by atoms with van der Waals surface area (Å²) >= 11 is 0. The Kier molecular flexibility index (Phi) is 1.67. The molecule has 0 unspecified atom stereocenters. The fourth-order valence-electron chi connectivity index (χ4n) is 1.40. The van der Waals surface area contributed by atoms with Crippen molar-refractivity contribution >= 4 is 17.3 Å². The second-order valence-electron chi connectivity index (χ2n) is 3.01. The van der Waals surface area contributed by atoms with Crippen LogP contribution in [0.3, 0.4) is 0 Å². The van der Waals surface area contributed by atoms with Crippen LogP contribution in [0.2, 0.25) is 0 Å². The minimum atomic E-state index is -0.797. The number of carbonyl (C=O) groups is 3. The summed E-state index contributed by atoms with van der Waals surface area (Å²) in [4.78, 5) is 34.1. The molecular formula is C11H6O3. The Morgan fingerprint density at radius 2 is 1.29 bits per heavy atom. The van der Waals surface area contributed by atoms with Crippen LogP contribution >= 0.6 is 0 Å². The van der Waals surface area contributed by atoms with Crippen LogP contribution in [0.1, 0.15) is 20.7 Å². The average molecular weight is 186 g/mol. The highest BCUT2D eigenvalue weighted by Gasteiger charge is 2.33. The van der Waals surface area contributed by atoms with Gasteiger partial charge in [-0.15, -0.1) is 0 Å². The molecular weight excluding hydrogens is 180 g/mol. The van der Waals surface area contributed by atoms with Crippen LogP contribution in [0.5, 0.6) is 0 Å². The summed E-state index contributed by atoms with van der Waals surface area (Å²) in [6, 6.07) is 6.26. The third-order valence-electron chi connectivity index (χ3n) is 2.17. The normalized spacial score (nSPS) is 15.7. The molecule has 0 saturated heterocycles. The first-order chi connectivity index (χ1) is 6.63. The lowest BCUT2D eigenvalue weighted by atomic mass is 9.86. The van der Waals surface area contributed by atoms with E-state index in [4.69, 9.17) is 0 Å². The van der Waals surface area contributed by atoms with E-state index < -0.39 is 17.3 Å². The quantitative estimate of drug-likeness (QED) is 0.347. The van der Waals surface area contributed by atoms with E-state index >= 15 is 0 Å². The Hall–Kier alpha value is -2.03. The average Bonchev–Trinajstić information content (AvgIpc) is 2.23. The first-order valence-corrected chi connectivity index (χ1v) is 4.04. The highest BCUT2D eigenvalue weighted by atomic mass is 16.2. The summed E-state index contributed by atoms with van der Waals surface area (Å²) in [5.74, 6) is -1.90. The molecule has 3 heteroatoms. The van der Waals surface area contributed by atoms with Crippen LogP contribution < -0.4 is 0 Å². The van der Waals surface area contributed by atoms with Crippen molar-refractivity contribution in [2.45, 2.75) is 0 Å². The zero-order valence-electron chi connectivity index (χ0n) is 7.24. The molecule has 1 aliphatic rings. The topological polar surface area (TPSA) is 51.2 Å². The smallest absolute Gasteiger partial charge is 0.236 e. The maximum Gasteiger partial charge on any atom is 0.236 e. The number of carbonyl (C=O) groups excluding carboxylic acids is 3. The molecule has 68 valence electrons. The maximum absolute atomic E-state index is 11.5. The molecule has 0 atom stereocenters. The van der Waals surface area contributed by atoms with E-state index in [2.05, 4.69) is 6.58 Å². The lowest BCUT2D eigenvalue weighted by Crippen LogP contribution is -2.29. The van der Waals surface area contributed by atoms with E-state index in [0.717, 1.165) is 0 Å². The van der Waals surface area contributed by atoms with Crippen LogP contribution in [-0.4, -0.2) is 17.3 Å². The largest absolute Gasteiger partial charge is 0.288 e. The third-order valence-corrected chi connectivity index (χ3v) is 2.17. The van der Waals surface area contributed by atoms with Gasteiger partial charge < -0.3 is 0 Å². The molecule has 0 saturated carbocycles. The molecule has 1 aromatic carbocycles. The van der Waals surface area contributed by atoms with Crippen molar-refractivity contribution in [1.29, 1.82) is 0 Å². The van der Waals surface area contributed by atoms with E-state index in [-0.39, 0.29) is 16.7 Å². The fraction of sp³-hybridized carbons (Fsp3) is 0. The highest BCUT2D eigenvalue weighted by molar-refractivity contribution is 6.59. The summed E-state index contributed by atoms with van der Waals surface area (Å²) in [5, 5.41) is 0. The molecule has 1 aromatic rings. The molecule has 0 aromatic heterocycles. The van der Waals surface area contributed by atoms with Gasteiger partial charge in [0.1, 0.15) is 0 Å². The van der Waals surface area contributed by atoms with Gasteiger partial charge in [-0.05, 0) is 0 Å². The number of rotatable bonds is 0. The van der Waals surface area contributed by atoms with Gasteiger partial charge in [0.25, 0.3) is 0 Å². The highest BCUT2D eigenvalue weighted by Crippen LogP contribution is 2.21. The number of allylic oxidation sites excluding steroid dienone is 1. The van der Waals surface area contributed by atoms with Crippen molar-refractivity contribution in [2.24, 2.45) is 0 Å². The molecule has 0 bridgehead atoms. The Balaban J connectivity index is 2.75. The van der Waals surface area contributed by atoms with Crippen LogP contribution in [0.25, 0.3) is 0 Å². The first kappa shape index (κ1) is 8.56. The van der Waals surface area contributed by atoms with Crippen molar-refractivity contribution < 1.29 is 14.4 Å². The van der Waals surface area contributed by atoms with Gasteiger partial charge in [0, 0.05) is 11.1 Å². The predicted molar refractivity (Wildman–Crippen MR) is 49.3 cm³/mol. The number of fused-ring (bicyclic) bond motifs is 1. The molecule has 0 spiro atoms. The summed E-state index contributed by atoms with van der Waals surface area (Å²) < 4.78 is 0. The van der Waals surface area contributed by atoms with Gasteiger partial charge in [-0.1, -0.05) is 30.8 Å². The summed E-state index contributed by atoms with van der Waals surface area (Å²) in [7, 11) is 0. The molecule has 0 aliphatic heterocycles. The van der Waals surface area contributed by atoms with Crippen LogP contribution in [-0.2, 0) is 4.79 Å². The zero-order valence-corrected chi connectivity index (χ0v) is 7.24. The van der Waals surface area contributed by atoms with Crippen molar-refractivity contribution in [1.82, 2.24) is 0 Å². The maximum atomic E-state index is 11.5. The van der Waals surface area contributed by atoms with E-state index in [9.17, 15) is 14.4 Å². The molecule has 0 heterocycles. The summed E-state index contributed by atoms with van der Waals surface area (Å²) in [5.41, 5.74) is 0.200. The van der Waals surface area contributed by atoms with Crippen LogP contribution in [0.4, 0.5) is 0 Å². The molecule has 0 N–H and O–H groups in total. The van der Waals surface area contributed by atoms with Crippen LogP contribution in [0.15, 0.2) is 36.4 Å². The number of hydrogen-bond acceptors (Lipinski definition) is 3. The molecule has 3 nitrogen and oxygen atoms in total. The standard InChI is InChI=1S/C11H6O3/c1-6-9(12)7-4-2-3-5-8(7)11(14)10(6)13/h2-5H,1H2. The van der Waals surface area contributed by atoms with Crippen LogP contribution in [0, 0.1) is 0 Å². The lowest BCUT2D eigenvalue weighted by molar-refractivity contribution is -0.111. The number of hydrogen-bond donors (Lipinski definition) is 0. The number of ketones is 3. The first-order valence-electron chi connectivity index (χ1n) is 4.04. The summed E-state index contributed by atoms with van der Waals surface area (Å²) in [6.45, 7) is 3.31. The third kappa shape index (κ3) is 0.956. The Morgan fingerprint density at radius 3 is 1.86 bits per heavy atom. The SMILES string of the molecule is C=C1C(=O)C(=O)c2ccccc2C1=O. The van der Waals surface area contributed by atoms with Crippen molar-refractivity contribution in [3.8, 4) is 0 Å². The molecule has 0 radical (unpaired) electrons. The monoisotopic (exact) mass is 186 g/mol. The number of Topliss-reactive ketones (excluding diaryl/α,β-unsaturated/α-hetero) is 3. The van der Waals surface area contributed by atoms with Gasteiger partial charge >= 0.3 is 0 Å². The second kappa shape index (κ2) is 2.73. The van der Waals surface area contributed by atoms with E-state index in [1.54, 1.807) is 12.1 Å². The Bertz CT molecular complexity index is 438. The van der Waals surface area contributed by atoms with Gasteiger partial charge in [-0.2, -0.15) is 0 Å². The number of benzene rings is 1. The van der Waals surface area contributed by atoms with Crippen molar-refractivity contribution in [3.63, 3.8) is 0 Å². The summed E-state index contributed by atoms with van der Waals surface area (Å²) in [6.07, 6.45) is 0. The minimum Gasteiger partial charge on any atom is -0.288 e. The van der Waals surface area contributed by atoms with Gasteiger partial charge in [0.05, 0.1) is 5.57 Å². The van der Waals surface area contributed by atoms with Gasteiger partial charge in [-0.25, -0.2) is 0 Å². The fourth-order valence-corrected chi connectivity index (χ4v) is 1.40. The van der Waals surface area contributed by atoms with E-state index in [0.29, 0.717) is 0 Å². The van der Waals surface area contributed by atoms with E-state index in [1.807, 2.05) is 0 Å². The van der Waals surface area contributed by atoms with Gasteiger partial charge in [0.15, 0.2) is 5.78 Å². The minimum absolute atomic E-state index is 0.176. The zero-order chi connectivity index (χ0) is 10.3. The molecule has 0 amide bonds. The van der Waals surface area contributed by atoms with Gasteiger partial charge in [-0.3, -0.25) is 14.4 Å². The van der Waals surface area contributed by atoms with Gasteiger partial charge in [0.2, 0.25) is 11.6 Å². The Morgan fingerprint density at radius 1 is 0.786 bits per heavy atom. The second-order valence-corrected chi connectivity index (χ2v) is 3.01.